The molecule has 28 heavy (non-hydrogen) atoms. The Labute approximate surface area is 171 Å². The monoisotopic (exact) mass is 398 g/mol. The Balaban J connectivity index is 1.44. The zero-order chi connectivity index (χ0) is 19.8. The molecule has 1 aliphatic rings. The highest BCUT2D eigenvalue weighted by Gasteiger charge is 2.18. The van der Waals surface area contributed by atoms with Gasteiger partial charge in [-0.3, -0.25) is 9.59 Å². The highest BCUT2D eigenvalue weighted by Crippen LogP contribution is 2.15. The summed E-state index contributed by atoms with van der Waals surface area (Å²) in [5, 5.41) is 3.68. The molecule has 0 atom stereocenters. The van der Waals surface area contributed by atoms with Crippen LogP contribution >= 0.6 is 11.6 Å². The van der Waals surface area contributed by atoms with E-state index in [1.54, 1.807) is 0 Å². The molecule has 1 N–H and O–H groups in total. The molecular weight excluding hydrogens is 372 g/mol. The zero-order valence-electron chi connectivity index (χ0n) is 16.1. The molecule has 148 valence electrons. The minimum absolute atomic E-state index is 0.0294. The molecular formula is C23H27ClN2O2. The average molecular weight is 399 g/mol. The molecule has 1 fully saturated rings. The van der Waals surface area contributed by atoms with Crippen LogP contribution in [0.15, 0.2) is 48.5 Å². The number of likely N-dealkylation sites (tertiary alicyclic amines) is 1. The third-order valence-corrected chi connectivity index (χ3v) is 5.34. The second-order valence-corrected chi connectivity index (χ2v) is 7.75. The molecule has 0 bridgehead atoms. The van der Waals surface area contributed by atoms with E-state index < -0.39 is 0 Å². The average Bonchev–Trinajstić information content (AvgIpc) is 2.74. The van der Waals surface area contributed by atoms with Crippen molar-refractivity contribution in [1.29, 1.82) is 0 Å². The number of amides is 2. The molecule has 0 aliphatic carbocycles. The van der Waals surface area contributed by atoms with E-state index in [0.29, 0.717) is 18.5 Å². The molecule has 5 heteroatoms. The van der Waals surface area contributed by atoms with Gasteiger partial charge < -0.3 is 10.2 Å². The third-order valence-electron chi connectivity index (χ3n) is 5.09. The number of carbonyl (C=O) groups excluding carboxylic acids is 2. The summed E-state index contributed by atoms with van der Waals surface area (Å²) in [4.78, 5) is 26.7. The first-order chi connectivity index (χ1) is 13.6. The number of hydrogen-bond acceptors (Lipinski definition) is 2. The quantitative estimate of drug-likeness (QED) is 0.740. The molecule has 0 unspecified atom stereocenters. The number of benzene rings is 2. The molecule has 1 aliphatic heterocycles. The summed E-state index contributed by atoms with van der Waals surface area (Å²) in [6, 6.07) is 15.3. The Kier molecular flexibility index (Phi) is 7.49. The topological polar surface area (TPSA) is 49.4 Å². The van der Waals surface area contributed by atoms with Gasteiger partial charge in [0.25, 0.3) is 5.91 Å². The normalized spacial score (nSPS) is 14.0. The number of carbonyl (C=O) groups is 2. The fraction of sp³-hybridized carbons (Fsp3) is 0.391. The van der Waals surface area contributed by atoms with Gasteiger partial charge in [-0.05, 0) is 67.5 Å². The van der Waals surface area contributed by atoms with Crippen LogP contribution in [0.25, 0.3) is 0 Å². The van der Waals surface area contributed by atoms with Crippen LogP contribution < -0.4 is 5.32 Å². The maximum Gasteiger partial charge on any atom is 0.253 e. The van der Waals surface area contributed by atoms with Crippen LogP contribution in [0.2, 0.25) is 5.02 Å². The van der Waals surface area contributed by atoms with Gasteiger partial charge in [-0.15, -0.1) is 0 Å². The van der Waals surface area contributed by atoms with Crippen molar-refractivity contribution in [2.45, 2.75) is 45.1 Å². The Morgan fingerprint density at radius 1 is 0.964 bits per heavy atom. The molecule has 4 nitrogen and oxygen atoms in total. The van der Waals surface area contributed by atoms with Crippen LogP contribution in [0.1, 0.15) is 53.6 Å². The van der Waals surface area contributed by atoms with Crippen molar-refractivity contribution < 1.29 is 9.59 Å². The maximum absolute atomic E-state index is 12.6. The standard InChI is InChI=1S/C23H27ClN2O2/c24-21-12-10-18(11-13-21)6-5-9-22(27)25-17-19-7-4-8-20(16-19)23(28)26-14-2-1-3-15-26/h4,7-8,10-13,16H,1-3,5-6,9,14-15,17H2,(H,25,27). The molecule has 0 saturated carbocycles. The molecule has 1 heterocycles. The highest BCUT2D eigenvalue weighted by molar-refractivity contribution is 6.30. The number of halogens is 1. The number of hydrogen-bond donors (Lipinski definition) is 1. The van der Waals surface area contributed by atoms with Gasteiger partial charge in [-0.25, -0.2) is 0 Å². The van der Waals surface area contributed by atoms with Crippen LogP contribution in [0.3, 0.4) is 0 Å². The lowest BCUT2D eigenvalue weighted by Gasteiger charge is -2.26. The van der Waals surface area contributed by atoms with E-state index in [0.717, 1.165) is 49.4 Å². The Morgan fingerprint density at radius 3 is 2.46 bits per heavy atom. The molecule has 2 aromatic carbocycles. The van der Waals surface area contributed by atoms with Gasteiger partial charge in [0, 0.05) is 36.6 Å². The molecule has 0 aromatic heterocycles. The van der Waals surface area contributed by atoms with Crippen molar-refractivity contribution >= 4 is 23.4 Å². The van der Waals surface area contributed by atoms with Crippen molar-refractivity contribution in [3.05, 3.63) is 70.2 Å². The van der Waals surface area contributed by atoms with Gasteiger partial charge >= 0.3 is 0 Å². The summed E-state index contributed by atoms with van der Waals surface area (Å²) in [6.07, 6.45) is 5.49. The number of piperidine rings is 1. The van der Waals surface area contributed by atoms with Gasteiger partial charge in [0.15, 0.2) is 0 Å². The van der Waals surface area contributed by atoms with Gasteiger partial charge in [0.2, 0.25) is 5.91 Å². The van der Waals surface area contributed by atoms with E-state index in [1.165, 1.54) is 12.0 Å². The number of nitrogens with one attached hydrogen (secondary N) is 1. The molecule has 2 amide bonds. The number of rotatable bonds is 7. The maximum atomic E-state index is 12.6. The van der Waals surface area contributed by atoms with Crippen LogP contribution in [0.5, 0.6) is 0 Å². The molecule has 3 rings (SSSR count). The van der Waals surface area contributed by atoms with E-state index in [4.69, 9.17) is 11.6 Å². The fourth-order valence-electron chi connectivity index (χ4n) is 3.49. The molecule has 0 radical (unpaired) electrons. The van der Waals surface area contributed by atoms with E-state index >= 15 is 0 Å². The summed E-state index contributed by atoms with van der Waals surface area (Å²) in [6.45, 7) is 2.13. The van der Waals surface area contributed by atoms with E-state index in [9.17, 15) is 9.59 Å². The van der Waals surface area contributed by atoms with Crippen LogP contribution in [0.4, 0.5) is 0 Å². The smallest absolute Gasteiger partial charge is 0.253 e. The second-order valence-electron chi connectivity index (χ2n) is 7.31. The Bertz CT molecular complexity index is 799. The highest BCUT2D eigenvalue weighted by atomic mass is 35.5. The number of nitrogens with zero attached hydrogens (tertiary/aromatic N) is 1. The van der Waals surface area contributed by atoms with Crippen molar-refractivity contribution in [3.8, 4) is 0 Å². The Hall–Kier alpha value is -2.33. The first-order valence-electron chi connectivity index (χ1n) is 10.0. The summed E-state index contributed by atoms with van der Waals surface area (Å²) < 4.78 is 0. The summed E-state index contributed by atoms with van der Waals surface area (Å²) in [5.74, 6) is 0.123. The van der Waals surface area contributed by atoms with Crippen molar-refractivity contribution in [3.63, 3.8) is 0 Å². The van der Waals surface area contributed by atoms with E-state index in [-0.39, 0.29) is 11.8 Å². The fourth-order valence-corrected chi connectivity index (χ4v) is 3.61. The Morgan fingerprint density at radius 2 is 1.71 bits per heavy atom. The van der Waals surface area contributed by atoms with Crippen molar-refractivity contribution in [2.75, 3.05) is 13.1 Å². The van der Waals surface area contributed by atoms with Crippen LogP contribution in [0, 0.1) is 0 Å². The molecule has 2 aromatic rings. The van der Waals surface area contributed by atoms with Gasteiger partial charge in [0.1, 0.15) is 0 Å². The summed E-state index contributed by atoms with van der Waals surface area (Å²) >= 11 is 5.88. The number of aryl methyl sites for hydroxylation is 1. The predicted molar refractivity (Wildman–Crippen MR) is 112 cm³/mol. The minimum Gasteiger partial charge on any atom is -0.352 e. The van der Waals surface area contributed by atoms with Crippen LogP contribution in [-0.2, 0) is 17.8 Å². The van der Waals surface area contributed by atoms with Crippen molar-refractivity contribution in [1.82, 2.24) is 10.2 Å². The van der Waals surface area contributed by atoms with Gasteiger partial charge in [0.05, 0.1) is 0 Å². The lowest BCUT2D eigenvalue weighted by Crippen LogP contribution is -2.35. The van der Waals surface area contributed by atoms with E-state index in [1.807, 2.05) is 53.4 Å². The third kappa shape index (κ3) is 6.10. The lowest BCUT2D eigenvalue weighted by molar-refractivity contribution is -0.121. The lowest BCUT2D eigenvalue weighted by atomic mass is 10.1. The first-order valence-corrected chi connectivity index (χ1v) is 10.4. The minimum atomic E-state index is 0.0294. The summed E-state index contributed by atoms with van der Waals surface area (Å²) in [5.41, 5.74) is 2.84. The summed E-state index contributed by atoms with van der Waals surface area (Å²) in [7, 11) is 0. The molecule has 1 saturated heterocycles. The zero-order valence-corrected chi connectivity index (χ0v) is 16.9. The first kappa shape index (κ1) is 20.4. The van der Waals surface area contributed by atoms with Gasteiger partial charge in [-0.2, -0.15) is 0 Å². The largest absolute Gasteiger partial charge is 0.352 e. The predicted octanol–water partition coefficient (Wildman–Crippen LogP) is 4.61. The van der Waals surface area contributed by atoms with Gasteiger partial charge in [-0.1, -0.05) is 35.9 Å². The van der Waals surface area contributed by atoms with Crippen LogP contribution in [-0.4, -0.2) is 29.8 Å². The second kappa shape index (κ2) is 10.3. The SMILES string of the molecule is O=C(CCCc1ccc(Cl)cc1)NCc1cccc(C(=O)N2CCCCC2)c1. The molecule has 0 spiro atoms. The van der Waals surface area contributed by atoms with Crippen molar-refractivity contribution in [2.24, 2.45) is 0 Å². The van der Waals surface area contributed by atoms with E-state index in [2.05, 4.69) is 5.32 Å².